The van der Waals surface area contributed by atoms with Gasteiger partial charge in [0.2, 0.25) is 0 Å². The number of hydrogen-bond donors (Lipinski definition) is 0. The number of hydrogen-bond acceptors (Lipinski definition) is 7. The molecule has 166 valence electrons. The molecule has 30 heavy (non-hydrogen) atoms. The molecule has 0 N–H and O–H groups in total. The number of carbonyl (C=O) groups is 1. The van der Waals surface area contributed by atoms with Crippen molar-refractivity contribution in [3.05, 3.63) is 36.4 Å². The fourth-order valence-electron chi connectivity index (χ4n) is 2.39. The maximum absolute atomic E-state index is 12.5. The first kappa shape index (κ1) is 24.1. The normalized spacial score (nSPS) is 14.2. The summed E-state index contributed by atoms with van der Waals surface area (Å²) in [5, 5.41) is 0.197. The first-order valence-corrected chi connectivity index (χ1v) is 11.6. The molecule has 0 aliphatic carbocycles. The molecule has 0 radical (unpaired) electrons. The molecule has 0 saturated carbocycles. The van der Waals surface area contributed by atoms with E-state index in [-0.39, 0.29) is 16.5 Å². The third-order valence-corrected chi connectivity index (χ3v) is 5.80. The Labute approximate surface area is 176 Å². The molecule has 2 aromatic carbocycles. The number of carbonyl (C=O) groups excluding carboxylic acids is 1. The van der Waals surface area contributed by atoms with Crippen molar-refractivity contribution in [1.29, 1.82) is 0 Å². The van der Waals surface area contributed by atoms with Crippen LogP contribution >= 0.6 is 11.8 Å². The van der Waals surface area contributed by atoms with Gasteiger partial charge in [0.25, 0.3) is 0 Å². The Hall–Kier alpha value is -2.14. The van der Waals surface area contributed by atoms with Gasteiger partial charge in [-0.05, 0) is 50.3 Å². The fraction of sp³-hybridized carbons (Fsp3) is 0.421. The number of benzene rings is 2. The summed E-state index contributed by atoms with van der Waals surface area (Å²) in [6.45, 7) is 3.22. The lowest BCUT2D eigenvalue weighted by Crippen LogP contribution is -2.28. The highest BCUT2D eigenvalue weighted by molar-refractivity contribution is 7.99. The highest BCUT2D eigenvalue weighted by Gasteiger charge is 2.48. The summed E-state index contributed by atoms with van der Waals surface area (Å²) in [4.78, 5) is 11.6. The molecule has 0 unspecified atom stereocenters. The van der Waals surface area contributed by atoms with Gasteiger partial charge < -0.3 is 13.7 Å². The van der Waals surface area contributed by atoms with Gasteiger partial charge in [-0.15, -0.1) is 0 Å². The number of alkyl halides is 3. The van der Waals surface area contributed by atoms with E-state index >= 15 is 0 Å². The van der Waals surface area contributed by atoms with Crippen molar-refractivity contribution in [3.8, 4) is 11.5 Å². The highest BCUT2D eigenvalue weighted by Crippen LogP contribution is 2.36. The Morgan fingerprint density at radius 2 is 1.53 bits per heavy atom. The molecule has 1 aliphatic heterocycles. The molecule has 1 heterocycles. The van der Waals surface area contributed by atoms with Crippen LogP contribution in [0.15, 0.2) is 36.4 Å². The number of thioether (sulfide) groups is 1. The fourth-order valence-corrected chi connectivity index (χ4v) is 3.88. The second kappa shape index (κ2) is 10.3. The molecule has 1 saturated heterocycles. The summed E-state index contributed by atoms with van der Waals surface area (Å²) in [5.41, 5.74) is -5.57. The van der Waals surface area contributed by atoms with Crippen molar-refractivity contribution < 1.29 is 40.0 Å². The van der Waals surface area contributed by atoms with Crippen LogP contribution in [0.3, 0.4) is 0 Å². The summed E-state index contributed by atoms with van der Waals surface area (Å²) in [5.74, 6) is 2.27. The number of rotatable bonds is 4. The lowest BCUT2D eigenvalue weighted by Gasteiger charge is -2.14. The highest BCUT2D eigenvalue weighted by atomic mass is 32.2. The van der Waals surface area contributed by atoms with Gasteiger partial charge in [0, 0.05) is 10.8 Å². The predicted molar refractivity (Wildman–Crippen MR) is 108 cm³/mol. The topological polar surface area (TPSA) is 78.9 Å². The first-order valence-electron chi connectivity index (χ1n) is 9.00. The molecular weight excluding hydrogens is 445 g/mol. The summed E-state index contributed by atoms with van der Waals surface area (Å²) in [7, 11) is -5.83. The SMILES string of the molecule is C1CCSC1.CC(C)OC(=O)Oc1ccc(OS(=O)(=O)C(F)(F)F)c2ccccc12. The molecule has 0 amide bonds. The van der Waals surface area contributed by atoms with Crippen molar-refractivity contribution in [1.82, 2.24) is 0 Å². The van der Waals surface area contributed by atoms with E-state index in [2.05, 4.69) is 15.9 Å². The third kappa shape index (κ3) is 6.69. The zero-order valence-corrected chi connectivity index (χ0v) is 17.9. The van der Waals surface area contributed by atoms with Crippen molar-refractivity contribution in [3.63, 3.8) is 0 Å². The number of halogens is 3. The smallest absolute Gasteiger partial charge is 0.431 e. The average Bonchev–Trinajstić information content (AvgIpc) is 3.22. The van der Waals surface area contributed by atoms with E-state index in [1.807, 2.05) is 0 Å². The molecule has 11 heteroatoms. The van der Waals surface area contributed by atoms with Gasteiger partial charge in [0.1, 0.15) is 5.75 Å². The summed E-state index contributed by atoms with van der Waals surface area (Å²) >= 11 is 2.07. The van der Waals surface area contributed by atoms with Gasteiger partial charge in [-0.1, -0.05) is 24.3 Å². The van der Waals surface area contributed by atoms with Crippen molar-refractivity contribution >= 4 is 38.8 Å². The molecular formula is C19H21F3O6S2. The van der Waals surface area contributed by atoms with E-state index < -0.39 is 33.6 Å². The maximum atomic E-state index is 12.5. The molecule has 2 aromatic rings. The standard InChI is InChI=1S/C15H13F3O6S.C4H8S/c1-9(2)22-14(19)23-12-7-8-13(11-6-4-3-5-10(11)12)24-25(20,21)15(16,17)18;1-2-4-5-3-1/h3-9H,1-2H3;1-4H2. The van der Waals surface area contributed by atoms with Crippen LogP contribution in [0.5, 0.6) is 11.5 Å². The largest absolute Gasteiger partial charge is 0.534 e. The molecule has 6 nitrogen and oxygen atoms in total. The van der Waals surface area contributed by atoms with Gasteiger partial charge in [-0.25, -0.2) is 4.79 Å². The molecule has 1 aliphatic rings. The summed E-state index contributed by atoms with van der Waals surface area (Å²) in [6.07, 6.45) is 1.49. The molecule has 0 atom stereocenters. The Kier molecular flexibility index (Phi) is 8.25. The molecule has 0 bridgehead atoms. The monoisotopic (exact) mass is 466 g/mol. The minimum absolute atomic E-state index is 0.0157. The Bertz CT molecular complexity index is 962. The molecule has 1 fully saturated rings. The molecule has 0 spiro atoms. The second-order valence-corrected chi connectivity index (χ2v) is 9.19. The summed E-state index contributed by atoms with van der Waals surface area (Å²) < 4.78 is 73.9. The zero-order valence-electron chi connectivity index (χ0n) is 16.3. The Morgan fingerprint density at radius 1 is 1.00 bits per heavy atom. The van der Waals surface area contributed by atoms with Crippen LogP contribution in [0, 0.1) is 0 Å². The van der Waals surface area contributed by atoms with E-state index in [1.54, 1.807) is 13.8 Å². The first-order chi connectivity index (χ1) is 14.0. The van der Waals surface area contributed by atoms with Crippen LogP contribution in [-0.4, -0.2) is 37.7 Å². The minimum Gasteiger partial charge on any atom is -0.431 e. The van der Waals surface area contributed by atoms with Gasteiger partial charge >= 0.3 is 21.8 Å². The van der Waals surface area contributed by atoms with Crippen LogP contribution in [0.4, 0.5) is 18.0 Å². The Morgan fingerprint density at radius 3 is 2.00 bits per heavy atom. The van der Waals surface area contributed by atoms with Crippen LogP contribution in [0.1, 0.15) is 26.7 Å². The van der Waals surface area contributed by atoms with Crippen LogP contribution in [0.25, 0.3) is 10.8 Å². The second-order valence-electron chi connectivity index (χ2n) is 6.43. The summed E-state index contributed by atoms with van der Waals surface area (Å²) in [6, 6.07) is 7.84. The third-order valence-electron chi connectivity index (χ3n) is 3.68. The van der Waals surface area contributed by atoms with Gasteiger partial charge in [0.15, 0.2) is 5.75 Å². The average molecular weight is 466 g/mol. The lowest BCUT2D eigenvalue weighted by atomic mass is 10.1. The zero-order chi connectivity index (χ0) is 22.4. The molecule has 3 rings (SSSR count). The van der Waals surface area contributed by atoms with Crippen molar-refractivity contribution in [2.24, 2.45) is 0 Å². The van der Waals surface area contributed by atoms with E-state index in [9.17, 15) is 26.4 Å². The molecule has 0 aromatic heterocycles. The van der Waals surface area contributed by atoms with E-state index in [0.29, 0.717) is 0 Å². The maximum Gasteiger partial charge on any atom is 0.534 e. The predicted octanol–water partition coefficient (Wildman–Crippen LogP) is 5.51. The number of fused-ring (bicyclic) bond motifs is 1. The van der Waals surface area contributed by atoms with E-state index in [1.165, 1.54) is 48.6 Å². The van der Waals surface area contributed by atoms with E-state index in [0.717, 1.165) is 12.1 Å². The van der Waals surface area contributed by atoms with Gasteiger partial charge in [0.05, 0.1) is 6.10 Å². The van der Waals surface area contributed by atoms with Crippen molar-refractivity contribution in [2.45, 2.75) is 38.3 Å². The van der Waals surface area contributed by atoms with Gasteiger partial charge in [-0.2, -0.15) is 33.4 Å². The van der Waals surface area contributed by atoms with Crippen LogP contribution in [0.2, 0.25) is 0 Å². The Balaban J connectivity index is 0.000000558. The van der Waals surface area contributed by atoms with E-state index in [4.69, 9.17) is 9.47 Å². The minimum atomic E-state index is -5.83. The van der Waals surface area contributed by atoms with Gasteiger partial charge in [-0.3, -0.25) is 0 Å². The van der Waals surface area contributed by atoms with Crippen LogP contribution in [-0.2, 0) is 14.9 Å². The lowest BCUT2D eigenvalue weighted by molar-refractivity contribution is -0.0499. The van der Waals surface area contributed by atoms with Crippen LogP contribution < -0.4 is 8.92 Å². The number of ether oxygens (including phenoxy) is 2. The van der Waals surface area contributed by atoms with Crippen molar-refractivity contribution in [2.75, 3.05) is 11.5 Å². The quantitative estimate of drug-likeness (QED) is 0.255.